The van der Waals surface area contributed by atoms with Crippen LogP contribution < -0.4 is 9.64 Å². The van der Waals surface area contributed by atoms with E-state index in [1.165, 1.54) is 0 Å². The first kappa shape index (κ1) is 14.6. The topological polar surface area (TPSA) is 62.7 Å². The monoisotopic (exact) mass is 300 g/mol. The molecule has 5 nitrogen and oxygen atoms in total. The van der Waals surface area contributed by atoms with E-state index in [-0.39, 0.29) is 0 Å². The van der Waals surface area contributed by atoms with Crippen LogP contribution in [0.25, 0.3) is 10.9 Å². The van der Waals surface area contributed by atoms with Crippen LogP contribution >= 0.6 is 0 Å². The number of carboxylic acid groups (broad SMARTS) is 1. The van der Waals surface area contributed by atoms with Crippen molar-refractivity contribution in [3.05, 3.63) is 30.5 Å². The number of hydrogen-bond acceptors (Lipinski definition) is 4. The van der Waals surface area contributed by atoms with Crippen molar-refractivity contribution in [1.29, 1.82) is 0 Å². The zero-order chi connectivity index (χ0) is 15.5. The van der Waals surface area contributed by atoms with E-state index < -0.39 is 12.0 Å². The Labute approximate surface area is 129 Å². The summed E-state index contributed by atoms with van der Waals surface area (Å²) in [6.45, 7) is 3.47. The number of hydrogen-bond donors (Lipinski definition) is 1. The normalized spacial score (nSPS) is 17.9. The molecule has 2 aromatic rings. The Bertz CT molecular complexity index is 687. The average molecular weight is 300 g/mol. The number of carboxylic acids is 1. The molecule has 1 aromatic heterocycles. The maximum atomic E-state index is 11.4. The van der Waals surface area contributed by atoms with Gasteiger partial charge in [-0.3, -0.25) is 4.98 Å². The highest BCUT2D eigenvalue weighted by atomic mass is 16.5. The molecule has 1 aromatic carbocycles. The molecule has 1 fully saturated rings. The van der Waals surface area contributed by atoms with Crippen molar-refractivity contribution in [2.75, 3.05) is 18.1 Å². The maximum absolute atomic E-state index is 11.4. The van der Waals surface area contributed by atoms with Crippen LogP contribution in [0.4, 0.5) is 5.69 Å². The Balaban J connectivity index is 2.05. The second kappa shape index (κ2) is 6.22. The van der Waals surface area contributed by atoms with Gasteiger partial charge in [-0.05, 0) is 31.4 Å². The minimum absolute atomic E-state index is 0.453. The van der Waals surface area contributed by atoms with Crippen LogP contribution in [0.3, 0.4) is 0 Å². The largest absolute Gasteiger partial charge is 0.491 e. The molecule has 1 aliphatic heterocycles. The van der Waals surface area contributed by atoms with Gasteiger partial charge in [0.25, 0.3) is 0 Å². The fourth-order valence-corrected chi connectivity index (χ4v) is 3.03. The maximum Gasteiger partial charge on any atom is 0.326 e. The minimum Gasteiger partial charge on any atom is -0.491 e. The van der Waals surface area contributed by atoms with Crippen molar-refractivity contribution in [1.82, 2.24) is 4.98 Å². The summed E-state index contributed by atoms with van der Waals surface area (Å²) in [5, 5.41) is 10.4. The highest BCUT2D eigenvalue weighted by molar-refractivity contribution is 5.96. The highest BCUT2D eigenvalue weighted by Crippen LogP contribution is 2.34. The number of nitrogens with zero attached hydrogens (tertiary/aromatic N) is 2. The second-order valence-corrected chi connectivity index (χ2v) is 5.52. The number of fused-ring (bicyclic) bond motifs is 1. The molecule has 0 unspecified atom stereocenters. The molecule has 0 radical (unpaired) electrons. The molecule has 3 rings (SSSR count). The van der Waals surface area contributed by atoms with E-state index in [1.807, 2.05) is 29.2 Å². The molecule has 0 bridgehead atoms. The van der Waals surface area contributed by atoms with Gasteiger partial charge in [0, 0.05) is 23.8 Å². The lowest BCUT2D eigenvalue weighted by molar-refractivity contribution is -0.138. The molecule has 1 aliphatic rings. The van der Waals surface area contributed by atoms with Crippen molar-refractivity contribution in [2.45, 2.75) is 32.2 Å². The third-order valence-electron chi connectivity index (χ3n) is 4.02. The molecule has 0 saturated carbocycles. The van der Waals surface area contributed by atoms with Crippen molar-refractivity contribution in [3.63, 3.8) is 0 Å². The molecule has 2 heterocycles. The first-order valence-electron chi connectivity index (χ1n) is 7.72. The molecule has 22 heavy (non-hydrogen) atoms. The number of aromatic nitrogens is 1. The SMILES string of the molecule is CCCOc1cccc2c(N3CCC[C@@H]3C(=O)O)ccnc12. The predicted octanol–water partition coefficient (Wildman–Crippen LogP) is 3.08. The van der Waals surface area contributed by atoms with E-state index in [2.05, 4.69) is 11.9 Å². The summed E-state index contributed by atoms with van der Waals surface area (Å²) < 4.78 is 5.76. The average Bonchev–Trinajstić information content (AvgIpc) is 3.02. The van der Waals surface area contributed by atoms with Gasteiger partial charge in [0.2, 0.25) is 0 Å². The van der Waals surface area contributed by atoms with E-state index in [4.69, 9.17) is 4.74 Å². The highest BCUT2D eigenvalue weighted by Gasteiger charge is 2.31. The number of anilines is 1. The first-order valence-corrected chi connectivity index (χ1v) is 7.72. The summed E-state index contributed by atoms with van der Waals surface area (Å²) in [6, 6.07) is 7.27. The molecule has 1 N–H and O–H groups in total. The smallest absolute Gasteiger partial charge is 0.326 e. The van der Waals surface area contributed by atoms with Gasteiger partial charge in [-0.15, -0.1) is 0 Å². The summed E-state index contributed by atoms with van der Waals surface area (Å²) in [4.78, 5) is 17.9. The van der Waals surface area contributed by atoms with E-state index in [0.29, 0.717) is 13.0 Å². The van der Waals surface area contributed by atoms with Gasteiger partial charge in [0.1, 0.15) is 17.3 Å². The zero-order valence-corrected chi connectivity index (χ0v) is 12.7. The Morgan fingerprint density at radius 1 is 1.45 bits per heavy atom. The third kappa shape index (κ3) is 2.58. The Morgan fingerprint density at radius 2 is 2.32 bits per heavy atom. The van der Waals surface area contributed by atoms with E-state index in [0.717, 1.165) is 41.7 Å². The number of rotatable bonds is 5. The summed E-state index contributed by atoms with van der Waals surface area (Å²) >= 11 is 0. The number of pyridine rings is 1. The van der Waals surface area contributed by atoms with Gasteiger partial charge in [0.05, 0.1) is 6.61 Å². The molecule has 0 spiro atoms. The van der Waals surface area contributed by atoms with Crippen LogP contribution in [0.1, 0.15) is 26.2 Å². The minimum atomic E-state index is -0.763. The summed E-state index contributed by atoms with van der Waals surface area (Å²) in [5.74, 6) is -0.00637. The van der Waals surface area contributed by atoms with Crippen molar-refractivity contribution in [3.8, 4) is 5.75 Å². The fraction of sp³-hybridized carbons (Fsp3) is 0.412. The van der Waals surface area contributed by atoms with Crippen molar-refractivity contribution < 1.29 is 14.6 Å². The number of carbonyl (C=O) groups is 1. The van der Waals surface area contributed by atoms with Crippen molar-refractivity contribution in [2.24, 2.45) is 0 Å². The fourth-order valence-electron chi connectivity index (χ4n) is 3.03. The Kier molecular flexibility index (Phi) is 4.13. The van der Waals surface area contributed by atoms with Crippen LogP contribution in [0, 0.1) is 0 Å². The number of aliphatic carboxylic acids is 1. The summed E-state index contributed by atoms with van der Waals surface area (Å²) in [7, 11) is 0. The van der Waals surface area contributed by atoms with Gasteiger partial charge in [-0.2, -0.15) is 0 Å². The van der Waals surface area contributed by atoms with Crippen LogP contribution in [0.2, 0.25) is 0 Å². The summed E-state index contributed by atoms with van der Waals surface area (Å²) in [5.41, 5.74) is 1.72. The number of benzene rings is 1. The lowest BCUT2D eigenvalue weighted by atomic mass is 10.1. The van der Waals surface area contributed by atoms with Crippen LogP contribution in [-0.2, 0) is 4.79 Å². The quantitative estimate of drug-likeness (QED) is 0.919. The second-order valence-electron chi connectivity index (χ2n) is 5.52. The van der Waals surface area contributed by atoms with Gasteiger partial charge in [-0.1, -0.05) is 19.1 Å². The van der Waals surface area contributed by atoms with Gasteiger partial charge >= 0.3 is 5.97 Å². The van der Waals surface area contributed by atoms with Crippen LogP contribution in [0.5, 0.6) is 5.75 Å². The molecule has 1 saturated heterocycles. The predicted molar refractivity (Wildman–Crippen MR) is 85.5 cm³/mol. The lowest BCUT2D eigenvalue weighted by Crippen LogP contribution is -2.36. The zero-order valence-electron chi connectivity index (χ0n) is 12.7. The standard InChI is InChI=1S/C17H20N2O3/c1-2-11-22-15-7-3-5-12-13(8-9-18-16(12)15)19-10-4-6-14(19)17(20)21/h3,5,7-9,14H,2,4,6,10-11H2,1H3,(H,20,21)/t14-/m1/s1. The number of para-hydroxylation sites is 1. The molecule has 1 atom stereocenters. The summed E-state index contributed by atoms with van der Waals surface area (Å²) in [6.07, 6.45) is 4.25. The molecule has 116 valence electrons. The molecular formula is C17H20N2O3. The van der Waals surface area contributed by atoms with E-state index in [1.54, 1.807) is 6.20 Å². The van der Waals surface area contributed by atoms with Crippen LogP contribution in [-0.4, -0.2) is 35.3 Å². The number of ether oxygens (including phenoxy) is 1. The molecule has 0 aliphatic carbocycles. The van der Waals surface area contributed by atoms with Gasteiger partial charge < -0.3 is 14.7 Å². The molecule has 0 amide bonds. The van der Waals surface area contributed by atoms with Crippen molar-refractivity contribution >= 4 is 22.6 Å². The van der Waals surface area contributed by atoms with Crippen LogP contribution in [0.15, 0.2) is 30.5 Å². The van der Waals surface area contributed by atoms with Gasteiger partial charge in [0.15, 0.2) is 0 Å². The van der Waals surface area contributed by atoms with E-state index in [9.17, 15) is 9.90 Å². The van der Waals surface area contributed by atoms with E-state index >= 15 is 0 Å². The lowest BCUT2D eigenvalue weighted by Gasteiger charge is -2.25. The third-order valence-corrected chi connectivity index (χ3v) is 4.02. The van der Waals surface area contributed by atoms with Gasteiger partial charge in [-0.25, -0.2) is 4.79 Å². The first-order chi connectivity index (χ1) is 10.7. The molecular weight excluding hydrogens is 280 g/mol. The Morgan fingerprint density at radius 3 is 3.09 bits per heavy atom. The molecule has 5 heteroatoms. The Hall–Kier alpha value is -2.30.